The molecule has 1 aromatic heterocycles. The van der Waals surface area contributed by atoms with E-state index in [0.29, 0.717) is 6.10 Å². The molecule has 0 aliphatic heterocycles. The Labute approximate surface area is 108 Å². The molecule has 1 N–H and O–H groups in total. The molecule has 1 heterocycles. The highest BCUT2D eigenvalue weighted by molar-refractivity contribution is 7.11. The largest absolute Gasteiger partial charge is 0.381 e. The molecule has 1 aromatic rings. The summed E-state index contributed by atoms with van der Waals surface area (Å²) in [5, 5.41) is 4.86. The van der Waals surface area contributed by atoms with E-state index in [9.17, 15) is 0 Å². The average Bonchev–Trinajstić information content (AvgIpc) is 2.64. The number of rotatable bonds is 5. The maximum Gasteiger partial charge on any atom is 0.113 e. The molecule has 3 nitrogen and oxygen atoms in total. The second kappa shape index (κ2) is 5.04. The van der Waals surface area contributed by atoms with Gasteiger partial charge in [0.25, 0.3) is 0 Å². The van der Waals surface area contributed by atoms with Crippen LogP contribution in [-0.4, -0.2) is 24.7 Å². The molecular weight excluding hydrogens is 232 g/mol. The summed E-state index contributed by atoms with van der Waals surface area (Å²) in [5.41, 5.74) is 1.33. The Morgan fingerprint density at radius 3 is 2.65 bits per heavy atom. The van der Waals surface area contributed by atoms with E-state index in [1.807, 2.05) is 11.3 Å². The van der Waals surface area contributed by atoms with Crippen LogP contribution in [0.1, 0.15) is 42.3 Å². The van der Waals surface area contributed by atoms with Crippen LogP contribution >= 0.6 is 11.3 Å². The Kier molecular flexibility index (Phi) is 3.85. The maximum absolute atomic E-state index is 5.41. The standard InChI is InChI=1S/C13H22N2OS/c1-5-11-9(3)17-12(15-11)13(14-6-2)7-10(8-13)16-4/h10,14H,5-8H2,1-4H3. The van der Waals surface area contributed by atoms with Crippen molar-refractivity contribution < 1.29 is 4.74 Å². The molecule has 0 amide bonds. The number of hydrogen-bond donors (Lipinski definition) is 1. The first-order valence-corrected chi connectivity index (χ1v) is 7.21. The molecule has 1 aliphatic carbocycles. The van der Waals surface area contributed by atoms with Gasteiger partial charge in [-0.05, 0) is 32.7 Å². The third-order valence-electron chi connectivity index (χ3n) is 3.64. The predicted octanol–water partition coefficient (Wildman–Crippen LogP) is 2.63. The van der Waals surface area contributed by atoms with Crippen molar-refractivity contribution in [3.63, 3.8) is 0 Å². The number of thiazole rings is 1. The van der Waals surface area contributed by atoms with Gasteiger partial charge in [0.15, 0.2) is 0 Å². The van der Waals surface area contributed by atoms with Crippen molar-refractivity contribution >= 4 is 11.3 Å². The fraction of sp³-hybridized carbons (Fsp3) is 0.769. The van der Waals surface area contributed by atoms with Gasteiger partial charge in [-0.2, -0.15) is 0 Å². The lowest BCUT2D eigenvalue weighted by molar-refractivity contribution is -0.0325. The first-order chi connectivity index (χ1) is 8.15. The van der Waals surface area contributed by atoms with E-state index in [1.165, 1.54) is 15.6 Å². The molecule has 17 heavy (non-hydrogen) atoms. The molecule has 96 valence electrons. The van der Waals surface area contributed by atoms with Crippen LogP contribution in [0.25, 0.3) is 0 Å². The predicted molar refractivity (Wildman–Crippen MR) is 71.6 cm³/mol. The van der Waals surface area contributed by atoms with Crippen LogP contribution in [0.15, 0.2) is 0 Å². The number of hydrogen-bond acceptors (Lipinski definition) is 4. The van der Waals surface area contributed by atoms with E-state index < -0.39 is 0 Å². The summed E-state index contributed by atoms with van der Waals surface area (Å²) >= 11 is 1.85. The summed E-state index contributed by atoms with van der Waals surface area (Å²) in [6.45, 7) is 7.48. The number of ether oxygens (including phenoxy) is 1. The number of nitrogens with zero attached hydrogens (tertiary/aromatic N) is 1. The van der Waals surface area contributed by atoms with Gasteiger partial charge in [-0.15, -0.1) is 11.3 Å². The molecule has 0 atom stereocenters. The highest BCUT2D eigenvalue weighted by Gasteiger charge is 2.47. The third-order valence-corrected chi connectivity index (χ3v) is 4.85. The van der Waals surface area contributed by atoms with Crippen molar-refractivity contribution in [3.8, 4) is 0 Å². The Bertz CT molecular complexity index is 383. The molecule has 0 spiro atoms. The summed E-state index contributed by atoms with van der Waals surface area (Å²) in [4.78, 5) is 6.17. The highest BCUT2D eigenvalue weighted by Crippen LogP contribution is 2.44. The number of aromatic nitrogens is 1. The lowest BCUT2D eigenvalue weighted by atomic mass is 9.74. The molecule has 1 fully saturated rings. The molecule has 2 rings (SSSR count). The van der Waals surface area contributed by atoms with Crippen molar-refractivity contribution in [1.82, 2.24) is 10.3 Å². The topological polar surface area (TPSA) is 34.2 Å². The lowest BCUT2D eigenvalue weighted by Gasteiger charge is -2.46. The molecule has 1 saturated carbocycles. The van der Waals surface area contributed by atoms with Gasteiger partial charge in [0.1, 0.15) is 5.01 Å². The monoisotopic (exact) mass is 254 g/mol. The van der Waals surface area contributed by atoms with Gasteiger partial charge in [-0.25, -0.2) is 4.98 Å². The minimum atomic E-state index is 0.0816. The van der Waals surface area contributed by atoms with Crippen LogP contribution in [0.3, 0.4) is 0 Å². The first-order valence-electron chi connectivity index (χ1n) is 6.39. The van der Waals surface area contributed by atoms with E-state index in [-0.39, 0.29) is 5.54 Å². The molecule has 0 unspecified atom stereocenters. The quantitative estimate of drug-likeness (QED) is 0.877. The maximum atomic E-state index is 5.41. The van der Waals surface area contributed by atoms with Gasteiger partial charge in [0.05, 0.1) is 17.3 Å². The van der Waals surface area contributed by atoms with Gasteiger partial charge in [0.2, 0.25) is 0 Å². The number of aryl methyl sites for hydroxylation is 2. The first kappa shape index (κ1) is 13.0. The van der Waals surface area contributed by atoms with E-state index >= 15 is 0 Å². The van der Waals surface area contributed by atoms with Crippen LogP contribution in [0, 0.1) is 6.92 Å². The minimum absolute atomic E-state index is 0.0816. The molecule has 0 bridgehead atoms. The number of nitrogens with one attached hydrogen (secondary N) is 1. The molecular formula is C13H22N2OS. The Morgan fingerprint density at radius 1 is 1.47 bits per heavy atom. The van der Waals surface area contributed by atoms with Crippen LogP contribution in [0.2, 0.25) is 0 Å². The Balaban J connectivity index is 2.21. The summed E-state index contributed by atoms with van der Waals surface area (Å²) in [7, 11) is 1.80. The minimum Gasteiger partial charge on any atom is -0.381 e. The van der Waals surface area contributed by atoms with Crippen molar-refractivity contribution in [2.45, 2.75) is 51.7 Å². The normalized spacial score (nSPS) is 28.1. The van der Waals surface area contributed by atoms with Crippen molar-refractivity contribution in [3.05, 3.63) is 15.6 Å². The third kappa shape index (κ3) is 2.26. The van der Waals surface area contributed by atoms with Crippen molar-refractivity contribution in [2.75, 3.05) is 13.7 Å². The van der Waals surface area contributed by atoms with Crippen LogP contribution in [0.5, 0.6) is 0 Å². The SMILES string of the molecule is CCNC1(c2nc(CC)c(C)s2)CC(OC)C1. The molecule has 1 aliphatic rings. The van der Waals surface area contributed by atoms with Crippen molar-refractivity contribution in [1.29, 1.82) is 0 Å². The van der Waals surface area contributed by atoms with Crippen LogP contribution in [0.4, 0.5) is 0 Å². The molecule has 0 radical (unpaired) electrons. The summed E-state index contributed by atoms with van der Waals surface area (Å²) < 4.78 is 5.41. The summed E-state index contributed by atoms with van der Waals surface area (Å²) in [6, 6.07) is 0. The molecule has 0 aromatic carbocycles. The van der Waals surface area contributed by atoms with Crippen LogP contribution in [-0.2, 0) is 16.7 Å². The van der Waals surface area contributed by atoms with Crippen molar-refractivity contribution in [2.24, 2.45) is 0 Å². The zero-order valence-corrected chi connectivity index (χ0v) is 12.0. The van der Waals surface area contributed by atoms with Crippen LogP contribution < -0.4 is 5.32 Å². The van der Waals surface area contributed by atoms with Gasteiger partial charge >= 0.3 is 0 Å². The Morgan fingerprint density at radius 2 is 2.18 bits per heavy atom. The Hall–Kier alpha value is -0.450. The highest BCUT2D eigenvalue weighted by atomic mass is 32.1. The zero-order chi connectivity index (χ0) is 12.5. The average molecular weight is 254 g/mol. The number of methoxy groups -OCH3 is 1. The van der Waals surface area contributed by atoms with E-state index in [0.717, 1.165) is 25.8 Å². The fourth-order valence-corrected chi connectivity index (χ4v) is 3.77. The van der Waals surface area contributed by atoms with E-state index in [1.54, 1.807) is 7.11 Å². The van der Waals surface area contributed by atoms with Gasteiger partial charge in [-0.1, -0.05) is 13.8 Å². The van der Waals surface area contributed by atoms with E-state index in [4.69, 9.17) is 9.72 Å². The van der Waals surface area contributed by atoms with E-state index in [2.05, 4.69) is 26.1 Å². The molecule has 0 saturated heterocycles. The lowest BCUT2D eigenvalue weighted by Crippen LogP contribution is -2.55. The second-order valence-electron chi connectivity index (χ2n) is 4.75. The summed E-state index contributed by atoms with van der Waals surface area (Å²) in [6.07, 6.45) is 3.52. The summed E-state index contributed by atoms with van der Waals surface area (Å²) in [5.74, 6) is 0. The fourth-order valence-electron chi connectivity index (χ4n) is 2.58. The molecule has 4 heteroatoms. The smallest absolute Gasteiger partial charge is 0.113 e. The van der Waals surface area contributed by atoms with Gasteiger partial charge < -0.3 is 10.1 Å². The second-order valence-corrected chi connectivity index (χ2v) is 5.96. The van der Waals surface area contributed by atoms with Gasteiger partial charge in [-0.3, -0.25) is 0 Å². The van der Waals surface area contributed by atoms with Gasteiger partial charge in [0, 0.05) is 12.0 Å². The zero-order valence-electron chi connectivity index (χ0n) is 11.2.